The van der Waals surface area contributed by atoms with Gasteiger partial charge in [0.25, 0.3) is 5.91 Å². The Kier molecular flexibility index (Phi) is 12.3. The SMILES string of the molecule is CC[C@H](NC(=O)N[C@H](C(=O)N1C[C@H](C(C)C)C[C@H]1C(=O)NC(CC1CC1)C(=O)C(N)=O)C(C)(C)C)C(=O)O[C@@H](C)c1ccccc1. The Morgan fingerprint density at radius 2 is 1.59 bits per heavy atom. The fourth-order valence-corrected chi connectivity index (χ4v) is 5.72. The number of primary amides is 1. The number of nitrogens with two attached hydrogens (primary N) is 1. The summed E-state index contributed by atoms with van der Waals surface area (Å²) in [6.07, 6.45) is 2.24. The van der Waals surface area contributed by atoms with Crippen LogP contribution in [0.5, 0.6) is 0 Å². The number of hydrogen-bond acceptors (Lipinski definition) is 7. The standard InChI is InChI=1S/C34H51N5O7/c1-8-24(32(44)46-20(4)22-12-10-9-11-13-22)37-33(45)38-28(34(5,6)7)31(43)39-18-23(19(2)3)17-26(39)30(42)36-25(16-21-14-15-21)27(40)29(35)41/h9-13,19-21,23-26,28H,8,14-18H2,1-7H3,(H2,35,41)(H,36,42)(H2,37,38,45)/t20-,23+,24-,25?,26-,28+/m0/s1. The van der Waals surface area contributed by atoms with Crippen LogP contribution in [0.25, 0.3) is 0 Å². The highest BCUT2D eigenvalue weighted by Gasteiger charge is 2.46. The van der Waals surface area contributed by atoms with E-state index in [9.17, 15) is 28.8 Å². The van der Waals surface area contributed by atoms with Crippen LogP contribution in [-0.4, -0.2) is 71.1 Å². The van der Waals surface area contributed by atoms with Crippen molar-refractivity contribution in [1.29, 1.82) is 0 Å². The molecule has 1 aliphatic carbocycles. The Bertz CT molecular complexity index is 1270. The number of rotatable bonds is 14. The molecule has 2 aliphatic rings. The van der Waals surface area contributed by atoms with E-state index in [1.807, 2.05) is 44.2 Å². The van der Waals surface area contributed by atoms with E-state index in [0.717, 1.165) is 18.4 Å². The Morgan fingerprint density at radius 1 is 0.957 bits per heavy atom. The molecular formula is C34H51N5O7. The third-order valence-corrected chi connectivity index (χ3v) is 8.95. The van der Waals surface area contributed by atoms with E-state index in [2.05, 4.69) is 16.0 Å². The summed E-state index contributed by atoms with van der Waals surface area (Å²) in [5, 5.41) is 8.12. The quantitative estimate of drug-likeness (QED) is 0.178. The zero-order chi connectivity index (χ0) is 34.3. The van der Waals surface area contributed by atoms with Gasteiger partial charge >= 0.3 is 12.0 Å². The molecule has 0 spiro atoms. The van der Waals surface area contributed by atoms with Crippen molar-refractivity contribution in [3.05, 3.63) is 35.9 Å². The molecule has 5 N–H and O–H groups in total. The molecule has 12 heteroatoms. The number of benzene rings is 1. The van der Waals surface area contributed by atoms with Gasteiger partial charge in [0.2, 0.25) is 17.6 Å². The molecule has 1 saturated carbocycles. The average molecular weight is 642 g/mol. The van der Waals surface area contributed by atoms with Gasteiger partial charge in [-0.3, -0.25) is 19.2 Å². The molecule has 12 nitrogen and oxygen atoms in total. The van der Waals surface area contributed by atoms with Gasteiger partial charge in [0.1, 0.15) is 24.2 Å². The number of carbonyl (C=O) groups is 6. The Morgan fingerprint density at radius 3 is 2.11 bits per heavy atom. The molecule has 1 unspecified atom stereocenters. The zero-order valence-electron chi connectivity index (χ0n) is 28.1. The molecule has 3 rings (SSSR count). The minimum atomic E-state index is -1.11. The largest absolute Gasteiger partial charge is 0.456 e. The first-order valence-corrected chi connectivity index (χ1v) is 16.3. The van der Waals surface area contributed by atoms with Gasteiger partial charge < -0.3 is 31.3 Å². The van der Waals surface area contributed by atoms with E-state index in [4.69, 9.17) is 10.5 Å². The van der Waals surface area contributed by atoms with Crippen molar-refractivity contribution in [1.82, 2.24) is 20.9 Å². The van der Waals surface area contributed by atoms with E-state index in [-0.39, 0.29) is 30.7 Å². The predicted octanol–water partition coefficient (Wildman–Crippen LogP) is 3.00. The molecule has 0 bridgehead atoms. The average Bonchev–Trinajstić information content (AvgIpc) is 3.70. The smallest absolute Gasteiger partial charge is 0.329 e. The highest BCUT2D eigenvalue weighted by atomic mass is 16.5. The number of esters is 1. The second-order valence-electron chi connectivity index (χ2n) is 14.1. The number of Topliss-reactive ketones (excluding diaryl/α,β-unsaturated/α-hetero) is 1. The first-order valence-electron chi connectivity index (χ1n) is 16.3. The van der Waals surface area contributed by atoms with Crippen molar-refractivity contribution in [3.63, 3.8) is 0 Å². The van der Waals surface area contributed by atoms with Crippen LogP contribution in [0, 0.1) is 23.2 Å². The van der Waals surface area contributed by atoms with Crippen molar-refractivity contribution < 1.29 is 33.5 Å². The number of ketones is 1. The van der Waals surface area contributed by atoms with E-state index in [0.29, 0.717) is 12.8 Å². The number of hydrogen-bond donors (Lipinski definition) is 4. The second kappa shape index (κ2) is 15.6. The van der Waals surface area contributed by atoms with Crippen LogP contribution in [0.15, 0.2) is 30.3 Å². The highest BCUT2D eigenvalue weighted by Crippen LogP contribution is 2.35. The first-order chi connectivity index (χ1) is 21.5. The molecule has 1 aromatic rings. The summed E-state index contributed by atoms with van der Waals surface area (Å²) in [7, 11) is 0. The maximum atomic E-state index is 14.2. The molecule has 1 saturated heterocycles. The Labute approximate surface area is 271 Å². The Hall–Kier alpha value is -3.96. The second-order valence-corrected chi connectivity index (χ2v) is 14.1. The van der Waals surface area contributed by atoms with Gasteiger partial charge in [0.15, 0.2) is 0 Å². The molecule has 1 aromatic carbocycles. The summed E-state index contributed by atoms with van der Waals surface area (Å²) >= 11 is 0. The summed E-state index contributed by atoms with van der Waals surface area (Å²) in [4.78, 5) is 79.8. The fraction of sp³-hybridized carbons (Fsp3) is 0.647. The Balaban J connectivity index is 1.75. The summed E-state index contributed by atoms with van der Waals surface area (Å²) in [5.74, 6) is -3.18. The van der Waals surface area contributed by atoms with Gasteiger partial charge in [0.05, 0.1) is 6.04 Å². The fourth-order valence-electron chi connectivity index (χ4n) is 5.72. The number of carbonyl (C=O) groups excluding carboxylic acids is 6. The number of nitrogens with one attached hydrogen (secondary N) is 3. The maximum absolute atomic E-state index is 14.2. The first kappa shape index (κ1) is 36.5. The molecule has 1 aliphatic heterocycles. The number of nitrogens with zero attached hydrogens (tertiary/aromatic N) is 1. The van der Waals surface area contributed by atoms with Crippen LogP contribution >= 0.6 is 0 Å². The van der Waals surface area contributed by atoms with Crippen LogP contribution in [0.2, 0.25) is 0 Å². The number of urea groups is 1. The summed E-state index contributed by atoms with van der Waals surface area (Å²) < 4.78 is 5.60. The van der Waals surface area contributed by atoms with E-state index >= 15 is 0 Å². The molecule has 6 atom stereocenters. The van der Waals surface area contributed by atoms with Crippen molar-refractivity contribution in [2.75, 3.05) is 6.54 Å². The van der Waals surface area contributed by atoms with Gasteiger partial charge in [-0.1, -0.05) is 84.7 Å². The lowest BCUT2D eigenvalue weighted by molar-refractivity contribution is -0.151. The molecule has 254 valence electrons. The molecule has 0 aromatic heterocycles. The van der Waals surface area contributed by atoms with Gasteiger partial charge in [-0.05, 0) is 54.9 Å². The third kappa shape index (κ3) is 9.77. The van der Waals surface area contributed by atoms with Crippen LogP contribution in [0.3, 0.4) is 0 Å². The highest BCUT2D eigenvalue weighted by molar-refractivity contribution is 6.37. The van der Waals surface area contributed by atoms with Crippen LogP contribution in [-0.2, 0) is 28.7 Å². The maximum Gasteiger partial charge on any atom is 0.329 e. The van der Waals surface area contributed by atoms with Crippen molar-refractivity contribution in [2.45, 2.75) is 111 Å². The van der Waals surface area contributed by atoms with Gasteiger partial charge in [-0.25, -0.2) is 9.59 Å². The normalized spacial score (nSPS) is 20.7. The molecule has 46 heavy (non-hydrogen) atoms. The number of likely N-dealkylation sites (tertiary alicyclic amines) is 1. The predicted molar refractivity (Wildman–Crippen MR) is 172 cm³/mol. The van der Waals surface area contributed by atoms with E-state index in [1.54, 1.807) is 34.6 Å². The van der Waals surface area contributed by atoms with Crippen molar-refractivity contribution >= 4 is 35.5 Å². The lowest BCUT2D eigenvalue weighted by Gasteiger charge is -2.36. The van der Waals surface area contributed by atoms with Crippen LogP contribution < -0.4 is 21.7 Å². The lowest BCUT2D eigenvalue weighted by atomic mass is 9.85. The molecular weight excluding hydrogens is 590 g/mol. The van der Waals surface area contributed by atoms with E-state index in [1.165, 1.54) is 4.90 Å². The van der Waals surface area contributed by atoms with E-state index < -0.39 is 71.2 Å². The third-order valence-electron chi connectivity index (χ3n) is 8.95. The van der Waals surface area contributed by atoms with Crippen molar-refractivity contribution in [3.8, 4) is 0 Å². The minimum absolute atomic E-state index is 0.00582. The summed E-state index contributed by atoms with van der Waals surface area (Å²) in [5.41, 5.74) is 5.31. The van der Waals surface area contributed by atoms with Crippen LogP contribution in [0.4, 0.5) is 4.79 Å². The number of ether oxygens (including phenoxy) is 1. The van der Waals surface area contributed by atoms with Crippen molar-refractivity contribution in [2.24, 2.45) is 28.9 Å². The summed E-state index contributed by atoms with van der Waals surface area (Å²) in [6, 6.07) is 4.55. The lowest BCUT2D eigenvalue weighted by Crippen LogP contribution is -2.61. The summed E-state index contributed by atoms with van der Waals surface area (Å²) in [6.45, 7) is 13.2. The van der Waals surface area contributed by atoms with Gasteiger partial charge in [-0.2, -0.15) is 0 Å². The molecule has 5 amide bonds. The molecule has 2 fully saturated rings. The van der Waals surface area contributed by atoms with Gasteiger partial charge in [0, 0.05) is 6.54 Å². The zero-order valence-corrected chi connectivity index (χ0v) is 28.1. The monoisotopic (exact) mass is 641 g/mol. The van der Waals surface area contributed by atoms with Crippen LogP contribution in [0.1, 0.15) is 92.2 Å². The molecule has 0 radical (unpaired) electrons. The molecule has 1 heterocycles. The topological polar surface area (TPSA) is 177 Å². The van der Waals surface area contributed by atoms with Gasteiger partial charge in [-0.15, -0.1) is 0 Å². The number of amides is 5. The minimum Gasteiger partial charge on any atom is -0.456 e.